The molecule has 4 nitrogen and oxygen atoms in total. The second-order valence-corrected chi connectivity index (χ2v) is 6.05. The van der Waals surface area contributed by atoms with Crippen LogP contribution in [-0.2, 0) is 10.0 Å². The van der Waals surface area contributed by atoms with Crippen molar-refractivity contribution < 1.29 is 21.6 Å². The van der Waals surface area contributed by atoms with E-state index in [0.717, 1.165) is 12.8 Å². The van der Waals surface area contributed by atoms with E-state index in [0.29, 0.717) is 18.6 Å². The average Bonchev–Trinajstić information content (AvgIpc) is 2.40. The summed E-state index contributed by atoms with van der Waals surface area (Å²) in [6.45, 7) is 1.96. The molecule has 1 unspecified atom stereocenters. The molecule has 3 N–H and O–H groups in total. The fraction of sp³-hybridized carbons (Fsp3) is 0.500. The molecule has 0 aliphatic heterocycles. The molecule has 1 atom stereocenters. The fourth-order valence-electron chi connectivity index (χ4n) is 1.67. The summed E-state index contributed by atoms with van der Waals surface area (Å²) in [7, 11) is -4.28. The Morgan fingerprint density at radius 2 is 1.86 bits per heavy atom. The predicted octanol–water partition coefficient (Wildman–Crippen LogP) is 2.32. The van der Waals surface area contributed by atoms with Crippen LogP contribution >= 0.6 is 12.4 Å². The summed E-state index contributed by atoms with van der Waals surface area (Å²) in [6.07, 6.45) is 2.07. The van der Waals surface area contributed by atoms with Gasteiger partial charge in [-0.3, -0.25) is 0 Å². The first-order valence-corrected chi connectivity index (χ1v) is 7.67. The van der Waals surface area contributed by atoms with Crippen LogP contribution in [0.1, 0.15) is 26.2 Å². The fourth-order valence-corrected chi connectivity index (χ4v) is 3.03. The van der Waals surface area contributed by atoms with E-state index in [1.165, 1.54) is 0 Å². The minimum Gasteiger partial charge on any atom is -0.329 e. The van der Waals surface area contributed by atoms with E-state index in [1.54, 1.807) is 0 Å². The molecule has 0 fully saturated rings. The Morgan fingerprint density at radius 3 is 2.38 bits per heavy atom. The normalized spacial score (nSPS) is 12.8. The minimum atomic E-state index is -4.28. The van der Waals surface area contributed by atoms with Crippen LogP contribution in [0.15, 0.2) is 17.0 Å². The van der Waals surface area contributed by atoms with Crippen molar-refractivity contribution in [3.63, 3.8) is 0 Å². The Bertz CT molecular complexity index is 570. The van der Waals surface area contributed by atoms with Crippen molar-refractivity contribution in [2.75, 3.05) is 6.54 Å². The van der Waals surface area contributed by atoms with Crippen molar-refractivity contribution in [2.24, 2.45) is 5.73 Å². The zero-order chi connectivity index (χ0) is 15.3. The van der Waals surface area contributed by atoms with Gasteiger partial charge in [-0.15, -0.1) is 12.4 Å². The van der Waals surface area contributed by atoms with E-state index in [4.69, 9.17) is 5.73 Å². The molecule has 21 heavy (non-hydrogen) atoms. The monoisotopic (exact) mass is 346 g/mol. The number of hydrogen-bond donors (Lipinski definition) is 2. The molecule has 122 valence electrons. The second kappa shape index (κ2) is 8.57. The van der Waals surface area contributed by atoms with Gasteiger partial charge in [0, 0.05) is 12.6 Å². The molecule has 0 saturated heterocycles. The molecule has 0 spiro atoms. The quantitative estimate of drug-likeness (QED) is 0.744. The van der Waals surface area contributed by atoms with Crippen molar-refractivity contribution in [3.8, 4) is 0 Å². The van der Waals surface area contributed by atoms with E-state index in [1.807, 2.05) is 6.92 Å². The maximum absolute atomic E-state index is 13.5. The summed E-state index contributed by atoms with van der Waals surface area (Å²) in [5.74, 6) is -4.99. The SMILES string of the molecule is CCCCC(CN)NS(=O)(=O)c1ccc(F)c(F)c1F.Cl. The number of rotatable bonds is 7. The van der Waals surface area contributed by atoms with Crippen molar-refractivity contribution in [2.45, 2.75) is 37.1 Å². The van der Waals surface area contributed by atoms with Crippen LogP contribution in [0.25, 0.3) is 0 Å². The smallest absolute Gasteiger partial charge is 0.243 e. The number of halogens is 4. The number of benzene rings is 1. The number of unbranched alkanes of at least 4 members (excludes halogenated alkanes) is 1. The Labute approximate surface area is 128 Å². The summed E-state index contributed by atoms with van der Waals surface area (Å²) < 4.78 is 65.5. The number of hydrogen-bond acceptors (Lipinski definition) is 3. The first-order chi connectivity index (χ1) is 9.33. The van der Waals surface area contributed by atoms with Gasteiger partial charge in [0.25, 0.3) is 0 Å². The van der Waals surface area contributed by atoms with E-state index < -0.39 is 38.4 Å². The van der Waals surface area contributed by atoms with Crippen LogP contribution in [0, 0.1) is 17.5 Å². The summed E-state index contributed by atoms with van der Waals surface area (Å²) in [6, 6.07) is 0.674. The summed E-state index contributed by atoms with van der Waals surface area (Å²) in [5.41, 5.74) is 5.44. The number of nitrogens with two attached hydrogens (primary N) is 1. The van der Waals surface area contributed by atoms with Gasteiger partial charge >= 0.3 is 0 Å². The van der Waals surface area contributed by atoms with Gasteiger partial charge in [-0.25, -0.2) is 26.3 Å². The lowest BCUT2D eigenvalue weighted by atomic mass is 10.1. The third-order valence-electron chi connectivity index (χ3n) is 2.80. The summed E-state index contributed by atoms with van der Waals surface area (Å²) >= 11 is 0. The Balaban J connectivity index is 0.00000400. The Morgan fingerprint density at radius 1 is 1.24 bits per heavy atom. The molecular weight excluding hydrogens is 329 g/mol. The van der Waals surface area contributed by atoms with Crippen molar-refractivity contribution >= 4 is 22.4 Å². The van der Waals surface area contributed by atoms with Gasteiger partial charge < -0.3 is 5.73 Å². The molecule has 0 saturated carbocycles. The molecule has 0 radical (unpaired) electrons. The standard InChI is InChI=1S/C12H17F3N2O2S.ClH/c1-2-3-4-8(7-16)17-20(18,19)10-6-5-9(13)11(14)12(10)15;/h5-6,8,17H,2-4,7,16H2,1H3;1H. The Kier molecular flexibility index (Phi) is 8.23. The van der Waals surface area contributed by atoms with Crippen LogP contribution in [0.5, 0.6) is 0 Å². The average molecular weight is 347 g/mol. The lowest BCUT2D eigenvalue weighted by Crippen LogP contribution is -2.40. The van der Waals surface area contributed by atoms with Crippen molar-refractivity contribution in [3.05, 3.63) is 29.6 Å². The summed E-state index contributed by atoms with van der Waals surface area (Å²) in [5, 5.41) is 0. The topological polar surface area (TPSA) is 72.2 Å². The van der Waals surface area contributed by atoms with Crippen LogP contribution in [0.2, 0.25) is 0 Å². The number of nitrogens with one attached hydrogen (secondary N) is 1. The van der Waals surface area contributed by atoms with Crippen LogP contribution in [-0.4, -0.2) is 21.0 Å². The molecule has 0 amide bonds. The van der Waals surface area contributed by atoms with Crippen molar-refractivity contribution in [1.29, 1.82) is 0 Å². The highest BCUT2D eigenvalue weighted by atomic mass is 35.5. The Hall–Kier alpha value is -0.830. The molecule has 1 aromatic rings. The third kappa shape index (κ3) is 5.14. The van der Waals surface area contributed by atoms with Gasteiger partial charge in [-0.1, -0.05) is 19.8 Å². The third-order valence-corrected chi connectivity index (χ3v) is 4.34. The molecule has 0 bridgehead atoms. The summed E-state index contributed by atoms with van der Waals surface area (Å²) in [4.78, 5) is -0.925. The van der Waals surface area contributed by atoms with Crippen LogP contribution in [0.3, 0.4) is 0 Å². The van der Waals surface area contributed by atoms with E-state index in [-0.39, 0.29) is 19.0 Å². The largest absolute Gasteiger partial charge is 0.329 e. The second-order valence-electron chi connectivity index (χ2n) is 4.37. The molecular formula is C12H18ClF3N2O2S. The first-order valence-electron chi connectivity index (χ1n) is 6.19. The molecule has 1 aromatic carbocycles. The highest BCUT2D eigenvalue weighted by Crippen LogP contribution is 2.20. The zero-order valence-corrected chi connectivity index (χ0v) is 13.0. The van der Waals surface area contributed by atoms with Gasteiger partial charge in [0.05, 0.1) is 0 Å². The maximum atomic E-state index is 13.5. The van der Waals surface area contributed by atoms with Gasteiger partial charge in [0.2, 0.25) is 10.0 Å². The maximum Gasteiger partial charge on any atom is 0.243 e. The predicted molar refractivity (Wildman–Crippen MR) is 76.3 cm³/mol. The molecule has 0 aliphatic rings. The lowest BCUT2D eigenvalue weighted by molar-refractivity contribution is 0.430. The molecule has 9 heteroatoms. The number of sulfonamides is 1. The first kappa shape index (κ1) is 20.2. The van der Waals surface area contributed by atoms with Gasteiger partial charge in [-0.05, 0) is 18.6 Å². The molecule has 0 aliphatic carbocycles. The highest BCUT2D eigenvalue weighted by molar-refractivity contribution is 7.89. The van der Waals surface area contributed by atoms with E-state index >= 15 is 0 Å². The van der Waals surface area contributed by atoms with Crippen LogP contribution < -0.4 is 10.5 Å². The van der Waals surface area contributed by atoms with Gasteiger partial charge in [0.1, 0.15) is 4.90 Å². The lowest BCUT2D eigenvalue weighted by Gasteiger charge is -2.17. The van der Waals surface area contributed by atoms with Gasteiger partial charge in [0.15, 0.2) is 17.5 Å². The minimum absolute atomic E-state index is 0. The highest BCUT2D eigenvalue weighted by Gasteiger charge is 2.26. The van der Waals surface area contributed by atoms with Gasteiger partial charge in [-0.2, -0.15) is 0 Å². The zero-order valence-electron chi connectivity index (χ0n) is 11.4. The molecule has 0 aromatic heterocycles. The van der Waals surface area contributed by atoms with Crippen molar-refractivity contribution in [1.82, 2.24) is 4.72 Å². The van der Waals surface area contributed by atoms with Crippen LogP contribution in [0.4, 0.5) is 13.2 Å². The van der Waals surface area contributed by atoms with E-state index in [2.05, 4.69) is 4.72 Å². The molecule has 1 rings (SSSR count). The van der Waals surface area contributed by atoms with E-state index in [9.17, 15) is 21.6 Å². The molecule has 0 heterocycles.